The minimum Gasteiger partial charge on any atom is -0.493 e. The number of hydrogen-bond acceptors (Lipinski definition) is 5. The summed E-state index contributed by atoms with van der Waals surface area (Å²) in [4.78, 5) is 0. The number of ether oxygens (including phenoxy) is 3. The highest BCUT2D eigenvalue weighted by Crippen LogP contribution is 2.40. The Morgan fingerprint density at radius 3 is 2.12 bits per heavy atom. The van der Waals surface area contributed by atoms with Crippen molar-refractivity contribution in [2.24, 2.45) is 0 Å². The van der Waals surface area contributed by atoms with Gasteiger partial charge in [-0.1, -0.05) is 12.1 Å². The molecule has 1 saturated heterocycles. The lowest BCUT2D eigenvalue weighted by Crippen LogP contribution is -1.94. The van der Waals surface area contributed by atoms with E-state index in [1.807, 2.05) is 53.9 Å². The van der Waals surface area contributed by atoms with Gasteiger partial charge < -0.3 is 14.2 Å². The number of benzene rings is 2. The SMILES string of the molecule is COc1ccc(Oc2ccc(C(C)=C3SCCCS3)cc2)cc1OC. The third-order valence-corrected chi connectivity index (χ3v) is 6.77. The van der Waals surface area contributed by atoms with Crippen LogP contribution in [0.3, 0.4) is 0 Å². The topological polar surface area (TPSA) is 27.7 Å². The molecule has 1 fully saturated rings. The van der Waals surface area contributed by atoms with Crippen LogP contribution in [0.15, 0.2) is 46.7 Å². The molecular weight excluding hydrogens is 352 g/mol. The van der Waals surface area contributed by atoms with Crippen LogP contribution in [-0.2, 0) is 0 Å². The summed E-state index contributed by atoms with van der Waals surface area (Å²) in [5, 5.41) is 0. The third kappa shape index (κ3) is 4.47. The van der Waals surface area contributed by atoms with E-state index in [2.05, 4.69) is 19.1 Å². The van der Waals surface area contributed by atoms with Crippen molar-refractivity contribution >= 4 is 29.1 Å². The molecule has 132 valence electrons. The largest absolute Gasteiger partial charge is 0.493 e. The molecule has 0 saturated carbocycles. The normalized spacial score (nSPS) is 14.1. The van der Waals surface area contributed by atoms with Gasteiger partial charge in [-0.2, -0.15) is 0 Å². The maximum Gasteiger partial charge on any atom is 0.164 e. The van der Waals surface area contributed by atoms with Crippen LogP contribution in [0.5, 0.6) is 23.0 Å². The van der Waals surface area contributed by atoms with Crippen LogP contribution < -0.4 is 14.2 Å². The zero-order valence-electron chi connectivity index (χ0n) is 14.7. The monoisotopic (exact) mass is 374 g/mol. The summed E-state index contributed by atoms with van der Waals surface area (Å²) in [6.45, 7) is 2.20. The van der Waals surface area contributed by atoms with Crippen LogP contribution in [0.4, 0.5) is 0 Å². The van der Waals surface area contributed by atoms with Crippen LogP contribution in [-0.4, -0.2) is 25.7 Å². The number of hydrogen-bond donors (Lipinski definition) is 0. The maximum atomic E-state index is 5.94. The highest BCUT2D eigenvalue weighted by atomic mass is 32.2. The average Bonchev–Trinajstić information content (AvgIpc) is 2.68. The standard InChI is InChI=1S/C20H22O3S2/c1-14(20-24-11-4-12-25-20)15-5-7-16(8-6-15)23-17-9-10-18(21-2)19(13-17)22-3/h5-10,13H,4,11-12H2,1-3H3. The molecule has 0 N–H and O–H groups in total. The predicted octanol–water partition coefficient (Wildman–Crippen LogP) is 6.05. The molecule has 0 aliphatic carbocycles. The van der Waals surface area contributed by atoms with Gasteiger partial charge in [0, 0.05) is 10.3 Å². The molecule has 1 aliphatic rings. The summed E-state index contributed by atoms with van der Waals surface area (Å²) in [7, 11) is 3.24. The van der Waals surface area contributed by atoms with Gasteiger partial charge in [0.25, 0.3) is 0 Å². The summed E-state index contributed by atoms with van der Waals surface area (Å²) in [6, 6.07) is 13.8. The van der Waals surface area contributed by atoms with E-state index in [0.717, 1.165) is 11.5 Å². The molecular formula is C20H22O3S2. The number of rotatable bonds is 5. The quantitative estimate of drug-likeness (QED) is 0.635. The zero-order valence-corrected chi connectivity index (χ0v) is 16.3. The summed E-state index contributed by atoms with van der Waals surface area (Å²) >= 11 is 3.93. The van der Waals surface area contributed by atoms with Crippen molar-refractivity contribution in [2.45, 2.75) is 13.3 Å². The first-order valence-electron chi connectivity index (χ1n) is 8.18. The van der Waals surface area contributed by atoms with Gasteiger partial charge in [0.05, 0.1) is 14.2 Å². The lowest BCUT2D eigenvalue weighted by Gasteiger charge is -2.16. The van der Waals surface area contributed by atoms with Gasteiger partial charge >= 0.3 is 0 Å². The highest BCUT2D eigenvalue weighted by molar-refractivity contribution is 8.23. The molecule has 1 heterocycles. The van der Waals surface area contributed by atoms with E-state index in [9.17, 15) is 0 Å². The van der Waals surface area contributed by atoms with E-state index >= 15 is 0 Å². The fourth-order valence-corrected chi connectivity index (χ4v) is 5.19. The second-order valence-corrected chi connectivity index (χ2v) is 8.07. The molecule has 0 bridgehead atoms. The predicted molar refractivity (Wildman–Crippen MR) is 108 cm³/mol. The van der Waals surface area contributed by atoms with Gasteiger partial charge in [0.15, 0.2) is 11.5 Å². The second-order valence-electron chi connectivity index (χ2n) is 5.61. The fraction of sp³-hybridized carbons (Fsp3) is 0.300. The Bertz CT molecular complexity index is 746. The van der Waals surface area contributed by atoms with Crippen LogP contribution in [0.1, 0.15) is 18.9 Å². The molecule has 0 atom stereocenters. The Hall–Kier alpha value is -1.72. The molecule has 2 aromatic rings. The minimum absolute atomic E-state index is 0.656. The van der Waals surface area contributed by atoms with E-state index in [1.165, 1.54) is 33.3 Å². The molecule has 25 heavy (non-hydrogen) atoms. The fourth-order valence-electron chi connectivity index (χ4n) is 2.55. The Kier molecular flexibility index (Phi) is 6.21. The number of methoxy groups -OCH3 is 2. The Labute approximate surface area is 157 Å². The zero-order chi connectivity index (χ0) is 17.6. The Balaban J connectivity index is 1.74. The van der Waals surface area contributed by atoms with E-state index in [0.29, 0.717) is 11.5 Å². The molecule has 0 aromatic heterocycles. The molecule has 0 unspecified atom stereocenters. The summed E-state index contributed by atoms with van der Waals surface area (Å²) < 4.78 is 18.0. The lowest BCUT2D eigenvalue weighted by molar-refractivity contribution is 0.352. The van der Waals surface area contributed by atoms with Crippen molar-refractivity contribution in [2.75, 3.05) is 25.7 Å². The first-order valence-corrected chi connectivity index (χ1v) is 10.1. The molecule has 3 rings (SSSR count). The lowest BCUT2D eigenvalue weighted by atomic mass is 10.1. The summed E-state index contributed by atoms with van der Waals surface area (Å²) in [5.74, 6) is 5.32. The molecule has 0 radical (unpaired) electrons. The third-order valence-electron chi connectivity index (χ3n) is 3.94. The van der Waals surface area contributed by atoms with Crippen LogP contribution in [0.25, 0.3) is 5.57 Å². The molecule has 2 aromatic carbocycles. The van der Waals surface area contributed by atoms with Gasteiger partial charge in [-0.25, -0.2) is 0 Å². The van der Waals surface area contributed by atoms with E-state index in [4.69, 9.17) is 14.2 Å². The van der Waals surface area contributed by atoms with Gasteiger partial charge in [0.1, 0.15) is 11.5 Å². The first-order chi connectivity index (χ1) is 12.2. The molecule has 5 heteroatoms. The Morgan fingerprint density at radius 2 is 1.48 bits per heavy atom. The molecule has 0 amide bonds. The van der Waals surface area contributed by atoms with Crippen molar-refractivity contribution in [1.82, 2.24) is 0 Å². The van der Waals surface area contributed by atoms with E-state index < -0.39 is 0 Å². The van der Waals surface area contributed by atoms with Crippen molar-refractivity contribution in [3.05, 3.63) is 52.3 Å². The van der Waals surface area contributed by atoms with Gasteiger partial charge in [-0.05, 0) is 60.3 Å². The minimum atomic E-state index is 0.656. The van der Waals surface area contributed by atoms with Crippen LogP contribution in [0.2, 0.25) is 0 Å². The van der Waals surface area contributed by atoms with E-state index in [-0.39, 0.29) is 0 Å². The van der Waals surface area contributed by atoms with Crippen molar-refractivity contribution in [3.8, 4) is 23.0 Å². The average molecular weight is 375 g/mol. The summed E-state index contributed by atoms with van der Waals surface area (Å²) in [6.07, 6.45) is 1.30. The molecule has 0 spiro atoms. The van der Waals surface area contributed by atoms with Crippen molar-refractivity contribution < 1.29 is 14.2 Å². The molecule has 3 nitrogen and oxygen atoms in total. The maximum absolute atomic E-state index is 5.94. The highest BCUT2D eigenvalue weighted by Gasteiger charge is 2.11. The van der Waals surface area contributed by atoms with Crippen molar-refractivity contribution in [1.29, 1.82) is 0 Å². The molecule has 1 aliphatic heterocycles. The second kappa shape index (κ2) is 8.59. The van der Waals surface area contributed by atoms with E-state index in [1.54, 1.807) is 14.2 Å². The van der Waals surface area contributed by atoms with Crippen LogP contribution >= 0.6 is 23.5 Å². The van der Waals surface area contributed by atoms with Gasteiger partial charge in [-0.15, -0.1) is 23.5 Å². The number of thioether (sulfide) groups is 2. The van der Waals surface area contributed by atoms with Gasteiger partial charge in [-0.3, -0.25) is 0 Å². The smallest absolute Gasteiger partial charge is 0.164 e. The number of allylic oxidation sites excluding steroid dienone is 1. The first kappa shape index (κ1) is 18.1. The van der Waals surface area contributed by atoms with Crippen molar-refractivity contribution in [3.63, 3.8) is 0 Å². The Morgan fingerprint density at radius 1 is 0.840 bits per heavy atom. The summed E-state index contributed by atoms with van der Waals surface area (Å²) in [5.41, 5.74) is 2.60. The van der Waals surface area contributed by atoms with Crippen LogP contribution in [0, 0.1) is 0 Å². The van der Waals surface area contributed by atoms with Gasteiger partial charge in [0.2, 0.25) is 0 Å².